The van der Waals surface area contributed by atoms with Crippen LogP contribution in [0.25, 0.3) is 11.0 Å². The maximum absolute atomic E-state index is 13.5. The van der Waals surface area contributed by atoms with Gasteiger partial charge >= 0.3 is 0 Å². The molecule has 9 heteroatoms. The van der Waals surface area contributed by atoms with Crippen LogP contribution in [0.2, 0.25) is 5.02 Å². The minimum absolute atomic E-state index is 0.115. The standard InChI is InChI=1S/C24H18ClN5O3/c25-17-8-14(33-13-4-2-1-3-5-13)6-7-15(17)21(31)16-9-27-22-19(16)20-18(10-28-22)29-23(32)24(30-20)11-26-12-24/h1-10,26,30H,11-12H2,(H,27,28)(H,29,32). The third-order valence-electron chi connectivity index (χ3n) is 6.01. The third kappa shape index (κ3) is 3.14. The minimum Gasteiger partial charge on any atom is -0.457 e. The highest BCUT2D eigenvalue weighted by Gasteiger charge is 2.48. The largest absolute Gasteiger partial charge is 0.457 e. The summed E-state index contributed by atoms with van der Waals surface area (Å²) in [6, 6.07) is 14.3. The van der Waals surface area contributed by atoms with Crippen LogP contribution in [0.3, 0.4) is 0 Å². The van der Waals surface area contributed by atoms with Crippen molar-refractivity contribution < 1.29 is 14.3 Å². The van der Waals surface area contributed by atoms with Crippen molar-refractivity contribution in [3.05, 3.63) is 77.1 Å². The van der Waals surface area contributed by atoms with Crippen molar-refractivity contribution in [1.29, 1.82) is 0 Å². The van der Waals surface area contributed by atoms with Gasteiger partial charge in [0.1, 0.15) is 22.7 Å². The number of aromatic amines is 1. The monoisotopic (exact) mass is 459 g/mol. The molecule has 1 amide bonds. The number of H-pyrrole nitrogens is 1. The zero-order valence-corrected chi connectivity index (χ0v) is 18.0. The van der Waals surface area contributed by atoms with Crippen LogP contribution in [0, 0.1) is 0 Å². The first kappa shape index (κ1) is 19.8. The molecular formula is C24H18ClN5O3. The zero-order valence-electron chi connectivity index (χ0n) is 17.2. The number of nitrogens with one attached hydrogen (secondary N) is 4. The number of ether oxygens (including phenoxy) is 1. The Morgan fingerprint density at radius 2 is 1.88 bits per heavy atom. The smallest absolute Gasteiger partial charge is 0.252 e. The lowest BCUT2D eigenvalue weighted by molar-refractivity contribution is -0.122. The number of halogens is 1. The van der Waals surface area contributed by atoms with E-state index >= 15 is 0 Å². The van der Waals surface area contributed by atoms with Crippen LogP contribution >= 0.6 is 11.6 Å². The first-order chi connectivity index (χ1) is 16.0. The maximum Gasteiger partial charge on any atom is 0.252 e. The average molecular weight is 460 g/mol. The highest BCUT2D eigenvalue weighted by atomic mass is 35.5. The first-order valence-corrected chi connectivity index (χ1v) is 10.8. The molecule has 2 aromatic carbocycles. The van der Waals surface area contributed by atoms with E-state index in [4.69, 9.17) is 16.3 Å². The van der Waals surface area contributed by atoms with E-state index in [9.17, 15) is 9.59 Å². The minimum atomic E-state index is -0.729. The molecular weight excluding hydrogens is 442 g/mol. The Morgan fingerprint density at radius 3 is 2.61 bits per heavy atom. The molecule has 0 saturated carbocycles. The van der Waals surface area contributed by atoms with Crippen LogP contribution in [-0.2, 0) is 4.79 Å². The Labute approximate surface area is 193 Å². The van der Waals surface area contributed by atoms with Gasteiger partial charge in [0.25, 0.3) is 5.91 Å². The number of hydrogen-bond donors (Lipinski definition) is 4. The topological polar surface area (TPSA) is 108 Å². The van der Waals surface area contributed by atoms with Crippen molar-refractivity contribution >= 4 is 45.7 Å². The van der Waals surface area contributed by atoms with E-state index in [0.717, 1.165) is 0 Å². The van der Waals surface area contributed by atoms with E-state index in [2.05, 4.69) is 25.9 Å². The number of rotatable bonds is 4. The van der Waals surface area contributed by atoms with Crippen LogP contribution < -0.4 is 20.7 Å². The highest BCUT2D eigenvalue weighted by Crippen LogP contribution is 2.40. The molecule has 4 heterocycles. The Morgan fingerprint density at radius 1 is 1.06 bits per heavy atom. The molecule has 0 aliphatic carbocycles. The second-order valence-electron chi connectivity index (χ2n) is 8.12. The van der Waals surface area contributed by atoms with Crippen LogP contribution in [-0.4, -0.2) is 40.3 Å². The summed E-state index contributed by atoms with van der Waals surface area (Å²) in [7, 11) is 0. The molecule has 2 aromatic heterocycles. The summed E-state index contributed by atoms with van der Waals surface area (Å²) in [4.78, 5) is 33.5. The first-order valence-electron chi connectivity index (χ1n) is 10.4. The highest BCUT2D eigenvalue weighted by molar-refractivity contribution is 6.36. The van der Waals surface area contributed by atoms with Crippen LogP contribution in [0.4, 0.5) is 11.4 Å². The Bertz CT molecular complexity index is 1430. The average Bonchev–Trinajstić information content (AvgIpc) is 3.22. The van der Waals surface area contributed by atoms with Gasteiger partial charge in [-0.05, 0) is 24.3 Å². The molecule has 4 aromatic rings. The number of nitrogens with zero attached hydrogens (tertiary/aromatic N) is 1. The predicted octanol–water partition coefficient (Wildman–Crippen LogP) is 3.95. The predicted molar refractivity (Wildman–Crippen MR) is 125 cm³/mol. The van der Waals surface area contributed by atoms with E-state index in [-0.39, 0.29) is 16.7 Å². The van der Waals surface area contributed by atoms with Crippen molar-refractivity contribution in [1.82, 2.24) is 15.3 Å². The van der Waals surface area contributed by atoms with Gasteiger partial charge in [0.05, 0.1) is 33.5 Å². The third-order valence-corrected chi connectivity index (χ3v) is 6.32. The number of aromatic nitrogens is 2. The van der Waals surface area contributed by atoms with Gasteiger partial charge in [-0.15, -0.1) is 0 Å². The molecule has 1 fully saturated rings. The zero-order chi connectivity index (χ0) is 22.6. The van der Waals surface area contributed by atoms with Crippen molar-refractivity contribution in [2.24, 2.45) is 0 Å². The molecule has 0 unspecified atom stereocenters. The molecule has 2 aliphatic rings. The second-order valence-corrected chi connectivity index (χ2v) is 8.53. The summed E-state index contributed by atoms with van der Waals surface area (Å²) in [5, 5.41) is 10.3. The van der Waals surface area contributed by atoms with Gasteiger partial charge in [-0.2, -0.15) is 0 Å². The van der Waals surface area contributed by atoms with Crippen LogP contribution in [0.15, 0.2) is 60.9 Å². The number of ketones is 1. The van der Waals surface area contributed by atoms with Gasteiger partial charge in [-0.3, -0.25) is 9.59 Å². The summed E-state index contributed by atoms with van der Waals surface area (Å²) >= 11 is 6.49. The van der Waals surface area contributed by atoms with E-state index in [1.165, 1.54) is 0 Å². The number of anilines is 2. The molecule has 0 bridgehead atoms. The molecule has 33 heavy (non-hydrogen) atoms. The van der Waals surface area contributed by atoms with Crippen LogP contribution in [0.5, 0.6) is 11.5 Å². The van der Waals surface area contributed by atoms with Gasteiger partial charge in [-0.1, -0.05) is 29.8 Å². The quantitative estimate of drug-likeness (QED) is 0.344. The number of fused-ring (bicyclic) bond motifs is 3. The summed E-state index contributed by atoms with van der Waals surface area (Å²) in [5.41, 5.74) is 1.78. The van der Waals surface area contributed by atoms with Crippen LogP contribution in [0.1, 0.15) is 15.9 Å². The normalized spacial score (nSPS) is 16.0. The lowest BCUT2D eigenvalue weighted by Gasteiger charge is -2.45. The fourth-order valence-electron chi connectivity index (χ4n) is 4.17. The fraction of sp³-hybridized carbons (Fsp3) is 0.125. The number of carbonyl (C=O) groups excluding carboxylic acids is 2. The van der Waals surface area contributed by atoms with Gasteiger partial charge in [-0.25, -0.2) is 4.98 Å². The number of amides is 1. The number of pyridine rings is 1. The summed E-state index contributed by atoms with van der Waals surface area (Å²) in [6.45, 7) is 1.01. The number of benzene rings is 2. The Balaban J connectivity index is 1.38. The number of hydrogen-bond acceptors (Lipinski definition) is 6. The molecule has 164 valence electrons. The lowest BCUT2D eigenvalue weighted by atomic mass is 9.88. The summed E-state index contributed by atoms with van der Waals surface area (Å²) < 4.78 is 5.81. The van der Waals surface area contributed by atoms with Crippen molar-refractivity contribution in [2.75, 3.05) is 23.7 Å². The molecule has 4 N–H and O–H groups in total. The lowest BCUT2D eigenvalue weighted by Crippen LogP contribution is -2.71. The van der Waals surface area contributed by atoms with Crippen molar-refractivity contribution in [3.8, 4) is 11.5 Å². The van der Waals surface area contributed by atoms with Gasteiger partial charge in [0, 0.05) is 30.9 Å². The molecule has 8 nitrogen and oxygen atoms in total. The summed E-state index contributed by atoms with van der Waals surface area (Å²) in [6.07, 6.45) is 3.20. The van der Waals surface area contributed by atoms with Gasteiger partial charge in [0.15, 0.2) is 5.78 Å². The van der Waals surface area contributed by atoms with E-state index < -0.39 is 5.54 Å². The van der Waals surface area contributed by atoms with E-state index in [1.54, 1.807) is 30.6 Å². The van der Waals surface area contributed by atoms with Crippen molar-refractivity contribution in [2.45, 2.75) is 5.54 Å². The van der Waals surface area contributed by atoms with E-state index in [1.807, 2.05) is 30.3 Å². The molecule has 0 radical (unpaired) electrons. The van der Waals surface area contributed by atoms with Gasteiger partial charge in [0.2, 0.25) is 0 Å². The molecule has 2 aliphatic heterocycles. The molecule has 0 atom stereocenters. The molecule has 1 saturated heterocycles. The maximum atomic E-state index is 13.5. The number of para-hydroxylation sites is 1. The van der Waals surface area contributed by atoms with E-state index in [0.29, 0.717) is 58.1 Å². The number of carbonyl (C=O) groups is 2. The Kier molecular flexibility index (Phi) is 4.39. The summed E-state index contributed by atoms with van der Waals surface area (Å²) in [5.74, 6) is 0.835. The molecule has 6 rings (SSSR count). The molecule has 1 spiro atoms. The van der Waals surface area contributed by atoms with Gasteiger partial charge < -0.3 is 25.7 Å². The fourth-order valence-corrected chi connectivity index (χ4v) is 4.43. The second kappa shape index (κ2) is 7.33. The SMILES string of the molecule is O=C(c1ccc(Oc2ccccc2)cc1Cl)c1c[nH]c2ncc3c(c12)NC1(CNC1)C(=O)N3. The Hall–Kier alpha value is -3.88. The van der Waals surface area contributed by atoms with Crippen molar-refractivity contribution in [3.63, 3.8) is 0 Å².